The molecule has 8 heteroatoms. The number of amides is 1. The molecule has 1 aromatic carbocycles. The molecule has 8 nitrogen and oxygen atoms in total. The molecule has 0 unspecified atom stereocenters. The van der Waals surface area contributed by atoms with E-state index in [4.69, 9.17) is 9.47 Å². The van der Waals surface area contributed by atoms with Crippen molar-refractivity contribution in [3.8, 4) is 5.75 Å². The van der Waals surface area contributed by atoms with E-state index in [0.717, 1.165) is 4.80 Å². The number of carbonyl (C=O) groups excluding carboxylic acids is 2. The second kappa shape index (κ2) is 7.77. The summed E-state index contributed by atoms with van der Waals surface area (Å²) in [5.41, 5.74) is 0. The van der Waals surface area contributed by atoms with Gasteiger partial charge >= 0.3 is 5.97 Å². The summed E-state index contributed by atoms with van der Waals surface area (Å²) in [7, 11) is 0. The number of nitrogens with zero attached hydrogens (tertiary/aromatic N) is 3. The lowest BCUT2D eigenvalue weighted by molar-refractivity contribution is -0.144. The molecule has 1 heterocycles. The first-order valence-electron chi connectivity index (χ1n) is 6.71. The third kappa shape index (κ3) is 4.89. The largest absolute Gasteiger partial charge is 0.484 e. The minimum atomic E-state index is -0.441. The van der Waals surface area contributed by atoms with Gasteiger partial charge < -0.3 is 14.8 Å². The van der Waals surface area contributed by atoms with Crippen LogP contribution < -0.4 is 10.1 Å². The summed E-state index contributed by atoms with van der Waals surface area (Å²) >= 11 is 0. The molecule has 1 N–H and O–H groups in total. The molecule has 0 atom stereocenters. The Kier molecular flexibility index (Phi) is 5.47. The van der Waals surface area contributed by atoms with Gasteiger partial charge in [0.25, 0.3) is 5.91 Å². The van der Waals surface area contributed by atoms with Gasteiger partial charge in [0.1, 0.15) is 5.75 Å². The van der Waals surface area contributed by atoms with E-state index in [1.807, 2.05) is 18.2 Å². The molecular formula is C14H16N4O4. The van der Waals surface area contributed by atoms with Crippen LogP contribution in [0.15, 0.2) is 36.5 Å². The highest BCUT2D eigenvalue weighted by molar-refractivity contribution is 5.90. The fourth-order valence-corrected chi connectivity index (χ4v) is 1.60. The van der Waals surface area contributed by atoms with Crippen molar-refractivity contribution in [3.63, 3.8) is 0 Å². The lowest BCUT2D eigenvalue weighted by atomic mass is 10.3. The SMILES string of the molecule is CCOC(=O)Cn1ncc(NC(=O)COc2ccccc2)n1. The Morgan fingerprint density at radius 1 is 1.27 bits per heavy atom. The van der Waals surface area contributed by atoms with E-state index in [9.17, 15) is 9.59 Å². The first-order valence-corrected chi connectivity index (χ1v) is 6.71. The predicted octanol–water partition coefficient (Wildman–Crippen LogP) is 0.859. The zero-order valence-electron chi connectivity index (χ0n) is 12.1. The highest BCUT2D eigenvalue weighted by Gasteiger charge is 2.09. The Morgan fingerprint density at radius 3 is 2.77 bits per heavy atom. The number of aromatic nitrogens is 3. The van der Waals surface area contributed by atoms with Crippen molar-refractivity contribution in [1.29, 1.82) is 0 Å². The van der Waals surface area contributed by atoms with Gasteiger partial charge in [0.2, 0.25) is 0 Å². The molecule has 0 bridgehead atoms. The number of nitrogens with one attached hydrogen (secondary N) is 1. The van der Waals surface area contributed by atoms with E-state index in [0.29, 0.717) is 12.4 Å². The van der Waals surface area contributed by atoms with E-state index in [1.54, 1.807) is 19.1 Å². The Balaban J connectivity index is 1.79. The third-order valence-electron chi connectivity index (χ3n) is 2.49. The highest BCUT2D eigenvalue weighted by Crippen LogP contribution is 2.08. The van der Waals surface area contributed by atoms with E-state index in [-0.39, 0.29) is 24.9 Å². The van der Waals surface area contributed by atoms with E-state index >= 15 is 0 Å². The fourth-order valence-electron chi connectivity index (χ4n) is 1.60. The van der Waals surface area contributed by atoms with Crippen LogP contribution in [0.2, 0.25) is 0 Å². The number of rotatable bonds is 7. The molecule has 2 rings (SSSR count). The van der Waals surface area contributed by atoms with Crippen molar-refractivity contribution in [1.82, 2.24) is 15.0 Å². The number of esters is 1. The van der Waals surface area contributed by atoms with Crippen LogP contribution in [0.1, 0.15) is 6.92 Å². The lowest BCUT2D eigenvalue weighted by Crippen LogP contribution is -2.21. The summed E-state index contributed by atoms with van der Waals surface area (Å²) in [5, 5.41) is 10.3. The van der Waals surface area contributed by atoms with Crippen molar-refractivity contribution >= 4 is 17.7 Å². The summed E-state index contributed by atoms with van der Waals surface area (Å²) in [4.78, 5) is 24.1. The monoisotopic (exact) mass is 304 g/mol. The lowest BCUT2D eigenvalue weighted by Gasteiger charge is -2.05. The molecule has 1 amide bonds. The van der Waals surface area contributed by atoms with Gasteiger partial charge in [-0.05, 0) is 19.1 Å². The average Bonchev–Trinajstić information content (AvgIpc) is 2.93. The number of ether oxygens (including phenoxy) is 2. The predicted molar refractivity (Wildman–Crippen MR) is 77.2 cm³/mol. The van der Waals surface area contributed by atoms with Crippen LogP contribution in [0.25, 0.3) is 0 Å². The van der Waals surface area contributed by atoms with Crippen LogP contribution in [0, 0.1) is 0 Å². The molecule has 22 heavy (non-hydrogen) atoms. The molecular weight excluding hydrogens is 288 g/mol. The normalized spacial score (nSPS) is 10.0. The van der Waals surface area contributed by atoms with Crippen LogP contribution in [-0.4, -0.2) is 40.1 Å². The summed E-state index contributed by atoms with van der Waals surface area (Å²) in [5.74, 6) is 0.0324. The quantitative estimate of drug-likeness (QED) is 0.762. The van der Waals surface area contributed by atoms with E-state index in [2.05, 4.69) is 15.5 Å². The molecule has 0 aliphatic carbocycles. The minimum absolute atomic E-state index is 0.107. The molecule has 0 aliphatic heterocycles. The second-order valence-electron chi connectivity index (χ2n) is 4.22. The van der Waals surface area contributed by atoms with Gasteiger partial charge in [0.15, 0.2) is 19.0 Å². The smallest absolute Gasteiger partial charge is 0.329 e. The van der Waals surface area contributed by atoms with Crippen LogP contribution in [0.3, 0.4) is 0 Å². The second-order valence-corrected chi connectivity index (χ2v) is 4.22. The Bertz CT molecular complexity index is 627. The molecule has 0 fully saturated rings. The van der Waals surface area contributed by atoms with Crippen LogP contribution >= 0.6 is 0 Å². The van der Waals surface area contributed by atoms with Gasteiger partial charge in [-0.1, -0.05) is 18.2 Å². The fraction of sp³-hybridized carbons (Fsp3) is 0.286. The topological polar surface area (TPSA) is 95.3 Å². The highest BCUT2D eigenvalue weighted by atomic mass is 16.5. The number of carbonyl (C=O) groups is 2. The van der Waals surface area contributed by atoms with Crippen molar-refractivity contribution in [2.75, 3.05) is 18.5 Å². The van der Waals surface area contributed by atoms with Crippen molar-refractivity contribution < 1.29 is 19.1 Å². The first-order chi connectivity index (χ1) is 10.7. The summed E-state index contributed by atoms with van der Waals surface area (Å²) in [6.45, 7) is 1.76. The van der Waals surface area contributed by atoms with Gasteiger partial charge in [0, 0.05) is 0 Å². The van der Waals surface area contributed by atoms with Gasteiger partial charge in [-0.25, -0.2) is 4.79 Å². The maximum atomic E-state index is 11.7. The average molecular weight is 304 g/mol. The Morgan fingerprint density at radius 2 is 2.05 bits per heavy atom. The van der Waals surface area contributed by atoms with Gasteiger partial charge in [-0.15, -0.1) is 5.10 Å². The maximum absolute atomic E-state index is 11.7. The molecule has 2 aromatic rings. The number of anilines is 1. The number of hydrogen-bond acceptors (Lipinski definition) is 6. The van der Waals surface area contributed by atoms with Gasteiger partial charge in [-0.2, -0.15) is 9.90 Å². The molecule has 0 radical (unpaired) electrons. The van der Waals surface area contributed by atoms with Gasteiger partial charge in [0.05, 0.1) is 12.8 Å². The van der Waals surface area contributed by atoms with Crippen LogP contribution in [0.4, 0.5) is 5.82 Å². The third-order valence-corrected chi connectivity index (χ3v) is 2.49. The number of benzene rings is 1. The molecule has 0 spiro atoms. The first kappa shape index (κ1) is 15.5. The summed E-state index contributed by atoms with van der Waals surface area (Å²) in [6.07, 6.45) is 1.35. The Hall–Kier alpha value is -2.90. The van der Waals surface area contributed by atoms with E-state index < -0.39 is 5.97 Å². The molecule has 0 saturated carbocycles. The van der Waals surface area contributed by atoms with E-state index in [1.165, 1.54) is 6.20 Å². The van der Waals surface area contributed by atoms with Crippen molar-refractivity contribution in [2.45, 2.75) is 13.5 Å². The van der Waals surface area contributed by atoms with Crippen LogP contribution in [-0.2, 0) is 20.9 Å². The standard InChI is InChI=1S/C14H16N4O4/c1-2-21-14(20)9-18-15-8-12(17-18)16-13(19)10-22-11-6-4-3-5-7-11/h3-8H,2,9-10H2,1H3,(H,16,17,19). The van der Waals surface area contributed by atoms with Crippen LogP contribution in [0.5, 0.6) is 5.75 Å². The summed E-state index contributed by atoms with van der Waals surface area (Å²) in [6, 6.07) is 8.99. The molecule has 0 aliphatic rings. The zero-order chi connectivity index (χ0) is 15.8. The molecule has 0 saturated heterocycles. The molecule has 1 aromatic heterocycles. The number of para-hydroxylation sites is 1. The number of hydrogen-bond donors (Lipinski definition) is 1. The van der Waals surface area contributed by atoms with Crippen molar-refractivity contribution in [2.24, 2.45) is 0 Å². The van der Waals surface area contributed by atoms with Crippen molar-refractivity contribution in [3.05, 3.63) is 36.5 Å². The molecule has 116 valence electrons. The van der Waals surface area contributed by atoms with Gasteiger partial charge in [-0.3, -0.25) is 4.79 Å². The zero-order valence-corrected chi connectivity index (χ0v) is 12.1. The minimum Gasteiger partial charge on any atom is -0.484 e. The summed E-state index contributed by atoms with van der Waals surface area (Å²) < 4.78 is 10.1. The Labute approximate surface area is 127 Å². The maximum Gasteiger partial charge on any atom is 0.329 e.